The minimum Gasteiger partial charge on any atom is -0.461 e. The van der Waals surface area contributed by atoms with Crippen LogP contribution in [0, 0.1) is 11.8 Å². The number of halogens is 1. The number of urea groups is 1. The molecule has 14 heteroatoms. The Balaban J connectivity index is 2.82. The van der Waals surface area contributed by atoms with Crippen LogP contribution in [0.15, 0.2) is 24.3 Å². The SMILES string of the molecule is CC(C)C(=O)OCc1ccc(NC(=O)[C@@H](CCCNC(N)=O)NC(=O)[C@H](NC(=O)CCCCNC(=O)CCl)C(C)C)cc1. The Bertz CT molecular complexity index is 1080. The standard InChI is InChI=1S/C29H45ClN6O7/c1-18(2)25(36-23(37)9-5-6-14-32-24(38)16-30)27(40)35-22(8-7-15-33-29(31)42)26(39)34-21-12-10-20(11-13-21)17-43-28(41)19(3)4/h10-13,18-19,22,25H,5-9,14-17H2,1-4H3,(H,32,38)(H,34,39)(H,35,40)(H,36,37)(H3,31,33,42)/t22-,25-/m1/s1. The molecule has 1 aromatic carbocycles. The summed E-state index contributed by atoms with van der Waals surface area (Å²) in [5, 5.41) is 13.3. The van der Waals surface area contributed by atoms with Gasteiger partial charge < -0.3 is 37.1 Å². The van der Waals surface area contributed by atoms with Crippen LogP contribution in [0.2, 0.25) is 0 Å². The molecule has 0 spiro atoms. The average Bonchev–Trinajstić information content (AvgIpc) is 2.95. The largest absolute Gasteiger partial charge is 0.461 e. The lowest BCUT2D eigenvalue weighted by atomic mass is 10.0. The van der Waals surface area contributed by atoms with Crippen LogP contribution in [0.3, 0.4) is 0 Å². The maximum atomic E-state index is 13.2. The number of amides is 6. The van der Waals surface area contributed by atoms with Crippen LogP contribution in [-0.4, -0.2) is 66.7 Å². The molecule has 0 bridgehead atoms. The van der Waals surface area contributed by atoms with E-state index in [0.29, 0.717) is 31.5 Å². The molecule has 0 aromatic heterocycles. The van der Waals surface area contributed by atoms with Gasteiger partial charge in [0.1, 0.15) is 24.6 Å². The number of hydrogen-bond donors (Lipinski definition) is 6. The Hall–Kier alpha value is -3.87. The van der Waals surface area contributed by atoms with E-state index in [1.54, 1.807) is 52.0 Å². The lowest BCUT2D eigenvalue weighted by Gasteiger charge is -2.25. The summed E-state index contributed by atoms with van der Waals surface area (Å²) < 4.78 is 5.22. The maximum absolute atomic E-state index is 13.2. The van der Waals surface area contributed by atoms with Crippen molar-refractivity contribution in [2.24, 2.45) is 17.6 Å². The molecule has 0 unspecified atom stereocenters. The first kappa shape index (κ1) is 37.2. The Labute approximate surface area is 257 Å². The fraction of sp³-hybridized carbons (Fsp3) is 0.586. The third-order valence-electron chi connectivity index (χ3n) is 6.22. The molecule has 0 aliphatic rings. The zero-order valence-electron chi connectivity index (χ0n) is 25.3. The van der Waals surface area contributed by atoms with Gasteiger partial charge in [0, 0.05) is 25.2 Å². The Morgan fingerprint density at radius 1 is 0.837 bits per heavy atom. The van der Waals surface area contributed by atoms with Crippen LogP contribution in [0.25, 0.3) is 0 Å². The number of esters is 1. The summed E-state index contributed by atoms with van der Waals surface area (Å²) in [5.41, 5.74) is 6.32. The maximum Gasteiger partial charge on any atom is 0.312 e. The number of carbonyl (C=O) groups excluding carboxylic acids is 6. The number of benzene rings is 1. The molecule has 2 atom stereocenters. The molecular weight excluding hydrogens is 580 g/mol. The summed E-state index contributed by atoms with van der Waals surface area (Å²) in [6, 6.07) is 4.17. The number of nitrogens with one attached hydrogen (secondary N) is 5. The third-order valence-corrected chi connectivity index (χ3v) is 6.46. The van der Waals surface area contributed by atoms with Crippen molar-refractivity contribution < 1.29 is 33.5 Å². The zero-order valence-corrected chi connectivity index (χ0v) is 26.1. The molecule has 13 nitrogen and oxygen atoms in total. The molecule has 0 saturated carbocycles. The van der Waals surface area contributed by atoms with E-state index < -0.39 is 29.9 Å². The Morgan fingerprint density at radius 3 is 2.07 bits per heavy atom. The molecule has 0 aliphatic heterocycles. The van der Waals surface area contributed by atoms with E-state index in [9.17, 15) is 28.8 Å². The number of rotatable bonds is 19. The number of nitrogens with two attached hydrogens (primary N) is 1. The molecule has 0 heterocycles. The summed E-state index contributed by atoms with van der Waals surface area (Å²) in [6.07, 6.45) is 1.76. The molecular formula is C29H45ClN6O7. The van der Waals surface area contributed by atoms with Gasteiger partial charge in [-0.15, -0.1) is 11.6 Å². The Morgan fingerprint density at radius 2 is 1.49 bits per heavy atom. The second kappa shape index (κ2) is 20.1. The van der Waals surface area contributed by atoms with E-state index in [4.69, 9.17) is 22.1 Å². The monoisotopic (exact) mass is 624 g/mol. The highest BCUT2D eigenvalue weighted by Gasteiger charge is 2.28. The van der Waals surface area contributed by atoms with Crippen molar-refractivity contribution in [2.75, 3.05) is 24.3 Å². The molecule has 240 valence electrons. The summed E-state index contributed by atoms with van der Waals surface area (Å²) in [7, 11) is 0. The van der Waals surface area contributed by atoms with Gasteiger partial charge in [0.25, 0.3) is 0 Å². The quantitative estimate of drug-likeness (QED) is 0.0767. The molecule has 0 radical (unpaired) electrons. The minimum absolute atomic E-state index is 0.101. The topological polar surface area (TPSA) is 198 Å². The van der Waals surface area contributed by atoms with Crippen LogP contribution >= 0.6 is 11.6 Å². The average molecular weight is 625 g/mol. The normalized spacial score (nSPS) is 12.2. The zero-order chi connectivity index (χ0) is 32.4. The van der Waals surface area contributed by atoms with E-state index in [0.717, 1.165) is 5.56 Å². The summed E-state index contributed by atoms with van der Waals surface area (Å²) in [4.78, 5) is 72.9. The molecule has 1 rings (SSSR count). The van der Waals surface area contributed by atoms with Crippen LogP contribution in [0.5, 0.6) is 0 Å². The van der Waals surface area contributed by atoms with Gasteiger partial charge in [-0.1, -0.05) is 39.8 Å². The van der Waals surface area contributed by atoms with E-state index in [2.05, 4.69) is 26.6 Å². The van der Waals surface area contributed by atoms with Crippen molar-refractivity contribution in [3.8, 4) is 0 Å². The molecule has 0 aliphatic carbocycles. The Kier molecular flexibility index (Phi) is 17.4. The van der Waals surface area contributed by atoms with Crippen molar-refractivity contribution >= 4 is 52.9 Å². The summed E-state index contributed by atoms with van der Waals surface area (Å²) in [6.45, 7) is 7.73. The van der Waals surface area contributed by atoms with Crippen LogP contribution in [-0.2, 0) is 35.3 Å². The van der Waals surface area contributed by atoms with Crippen LogP contribution < -0.4 is 32.3 Å². The molecule has 7 N–H and O–H groups in total. The van der Waals surface area contributed by atoms with Gasteiger partial charge >= 0.3 is 12.0 Å². The number of primary amides is 1. The van der Waals surface area contributed by atoms with Gasteiger partial charge in [0.15, 0.2) is 0 Å². The number of unbranched alkanes of at least 4 members (excludes halogenated alkanes) is 1. The highest BCUT2D eigenvalue weighted by atomic mass is 35.5. The van der Waals surface area contributed by atoms with E-state index in [-0.39, 0.29) is 61.5 Å². The fourth-order valence-electron chi connectivity index (χ4n) is 3.75. The lowest BCUT2D eigenvalue weighted by molar-refractivity contribution is -0.148. The van der Waals surface area contributed by atoms with Gasteiger partial charge in [-0.05, 0) is 49.3 Å². The van der Waals surface area contributed by atoms with Gasteiger partial charge in [-0.25, -0.2) is 4.79 Å². The first-order valence-electron chi connectivity index (χ1n) is 14.4. The van der Waals surface area contributed by atoms with Crippen LogP contribution in [0.1, 0.15) is 65.4 Å². The number of alkyl halides is 1. The molecule has 0 saturated heterocycles. The van der Waals surface area contributed by atoms with Gasteiger partial charge in [-0.2, -0.15) is 0 Å². The van der Waals surface area contributed by atoms with Gasteiger partial charge in [-0.3, -0.25) is 24.0 Å². The number of carbonyl (C=O) groups is 6. The molecule has 1 aromatic rings. The van der Waals surface area contributed by atoms with Crippen molar-refractivity contribution in [3.63, 3.8) is 0 Å². The first-order valence-corrected chi connectivity index (χ1v) is 14.9. The van der Waals surface area contributed by atoms with Crippen molar-refractivity contribution in [2.45, 2.75) is 78.5 Å². The van der Waals surface area contributed by atoms with Crippen LogP contribution in [0.4, 0.5) is 10.5 Å². The fourth-order valence-corrected chi connectivity index (χ4v) is 3.84. The molecule has 0 fully saturated rings. The third kappa shape index (κ3) is 15.8. The predicted octanol–water partition coefficient (Wildman–Crippen LogP) is 1.92. The highest BCUT2D eigenvalue weighted by Crippen LogP contribution is 2.13. The molecule has 43 heavy (non-hydrogen) atoms. The smallest absolute Gasteiger partial charge is 0.312 e. The number of ether oxygens (including phenoxy) is 1. The second-order valence-electron chi connectivity index (χ2n) is 10.7. The van der Waals surface area contributed by atoms with Crippen molar-refractivity contribution in [3.05, 3.63) is 29.8 Å². The molecule has 6 amide bonds. The highest BCUT2D eigenvalue weighted by molar-refractivity contribution is 6.27. The van der Waals surface area contributed by atoms with Gasteiger partial charge in [0.05, 0.1) is 5.92 Å². The number of hydrogen-bond acceptors (Lipinski definition) is 7. The lowest BCUT2D eigenvalue weighted by Crippen LogP contribution is -2.54. The summed E-state index contributed by atoms with van der Waals surface area (Å²) in [5.74, 6) is -2.58. The number of anilines is 1. The minimum atomic E-state index is -0.974. The first-order chi connectivity index (χ1) is 20.3. The summed E-state index contributed by atoms with van der Waals surface area (Å²) >= 11 is 5.43. The predicted molar refractivity (Wildman–Crippen MR) is 163 cm³/mol. The second-order valence-corrected chi connectivity index (χ2v) is 10.9. The van der Waals surface area contributed by atoms with E-state index >= 15 is 0 Å². The van der Waals surface area contributed by atoms with E-state index in [1.807, 2.05) is 0 Å². The van der Waals surface area contributed by atoms with Crippen molar-refractivity contribution in [1.82, 2.24) is 21.3 Å². The van der Waals surface area contributed by atoms with Gasteiger partial charge in [0.2, 0.25) is 23.6 Å². The van der Waals surface area contributed by atoms with Crippen molar-refractivity contribution in [1.29, 1.82) is 0 Å². The van der Waals surface area contributed by atoms with E-state index in [1.165, 1.54) is 0 Å².